The third kappa shape index (κ3) is 6.67. The highest BCUT2D eigenvalue weighted by atomic mass is 19.3. The normalized spacial score (nSPS) is 15.2. The van der Waals surface area contributed by atoms with Crippen LogP contribution in [0.5, 0.6) is 11.5 Å². The smallest absolute Gasteiger partial charge is 0.387 e. The summed E-state index contributed by atoms with van der Waals surface area (Å²) in [5.74, 6) is 0.582. The number of piperazine rings is 1. The SMILES string of the molecule is CCOc1ccc(CN2CCN(CC(=O)Nc3ccccc3OC(F)F)CC2)cc1. The topological polar surface area (TPSA) is 54.0 Å². The van der Waals surface area contributed by atoms with Gasteiger partial charge < -0.3 is 14.8 Å². The molecule has 1 saturated heterocycles. The van der Waals surface area contributed by atoms with Crippen LogP contribution in [0.2, 0.25) is 0 Å². The van der Waals surface area contributed by atoms with Gasteiger partial charge in [0, 0.05) is 32.7 Å². The average Bonchev–Trinajstić information content (AvgIpc) is 2.72. The lowest BCUT2D eigenvalue weighted by atomic mass is 10.2. The molecule has 1 fully saturated rings. The number of nitrogens with one attached hydrogen (secondary N) is 1. The summed E-state index contributed by atoms with van der Waals surface area (Å²) in [5, 5.41) is 2.67. The number of halogens is 2. The van der Waals surface area contributed by atoms with E-state index in [2.05, 4.69) is 32.0 Å². The molecule has 0 aromatic heterocycles. The summed E-state index contributed by atoms with van der Waals surface area (Å²) < 4.78 is 34.9. The number of carbonyl (C=O) groups is 1. The molecule has 162 valence electrons. The molecule has 0 spiro atoms. The zero-order valence-electron chi connectivity index (χ0n) is 17.0. The van der Waals surface area contributed by atoms with Gasteiger partial charge in [0.2, 0.25) is 5.91 Å². The van der Waals surface area contributed by atoms with Crippen molar-refractivity contribution in [3.05, 3.63) is 54.1 Å². The highest BCUT2D eigenvalue weighted by Gasteiger charge is 2.20. The number of benzene rings is 2. The summed E-state index contributed by atoms with van der Waals surface area (Å²) in [6, 6.07) is 14.3. The van der Waals surface area contributed by atoms with Crippen molar-refractivity contribution < 1.29 is 23.0 Å². The number of amides is 1. The maximum atomic E-state index is 12.5. The molecule has 0 radical (unpaired) electrons. The van der Waals surface area contributed by atoms with Crippen LogP contribution in [-0.4, -0.2) is 61.6 Å². The van der Waals surface area contributed by atoms with Crippen molar-refractivity contribution in [3.8, 4) is 11.5 Å². The van der Waals surface area contributed by atoms with Gasteiger partial charge in [0.25, 0.3) is 0 Å². The first kappa shape index (κ1) is 22.0. The highest BCUT2D eigenvalue weighted by molar-refractivity contribution is 5.93. The molecule has 6 nitrogen and oxygen atoms in total. The standard InChI is InChI=1S/C22H27F2N3O3/c1-2-29-18-9-7-17(8-10-18)15-26-11-13-27(14-12-26)16-21(28)25-19-5-3-4-6-20(19)30-22(23)24/h3-10,22H,2,11-16H2,1H3,(H,25,28). The number of ether oxygens (including phenoxy) is 2. The molecule has 8 heteroatoms. The van der Waals surface area contributed by atoms with Crippen molar-refractivity contribution in [1.82, 2.24) is 9.80 Å². The molecule has 1 amide bonds. The van der Waals surface area contributed by atoms with Crippen molar-refractivity contribution in [2.45, 2.75) is 20.1 Å². The lowest BCUT2D eigenvalue weighted by molar-refractivity contribution is -0.117. The molecule has 0 aliphatic carbocycles. The Balaban J connectivity index is 1.44. The van der Waals surface area contributed by atoms with Gasteiger partial charge in [0.1, 0.15) is 11.5 Å². The fourth-order valence-corrected chi connectivity index (χ4v) is 3.38. The minimum absolute atomic E-state index is 0.0407. The van der Waals surface area contributed by atoms with Gasteiger partial charge >= 0.3 is 6.61 Å². The number of anilines is 1. The van der Waals surface area contributed by atoms with Gasteiger partial charge in [0.05, 0.1) is 18.8 Å². The third-order valence-electron chi connectivity index (χ3n) is 4.85. The quantitative estimate of drug-likeness (QED) is 0.675. The van der Waals surface area contributed by atoms with Crippen molar-refractivity contribution in [3.63, 3.8) is 0 Å². The predicted molar refractivity (Wildman–Crippen MR) is 111 cm³/mol. The molecule has 1 heterocycles. The van der Waals surface area contributed by atoms with Gasteiger partial charge in [-0.2, -0.15) is 8.78 Å². The Hall–Kier alpha value is -2.71. The lowest BCUT2D eigenvalue weighted by Crippen LogP contribution is -2.48. The Bertz CT molecular complexity index is 810. The van der Waals surface area contributed by atoms with Gasteiger partial charge in [-0.05, 0) is 36.8 Å². The maximum absolute atomic E-state index is 12.5. The van der Waals surface area contributed by atoms with Crippen LogP contribution in [0.25, 0.3) is 0 Å². The largest absolute Gasteiger partial charge is 0.494 e. The van der Waals surface area contributed by atoms with E-state index < -0.39 is 6.61 Å². The highest BCUT2D eigenvalue weighted by Crippen LogP contribution is 2.25. The van der Waals surface area contributed by atoms with Crippen LogP contribution in [0, 0.1) is 0 Å². The Labute approximate surface area is 175 Å². The van der Waals surface area contributed by atoms with Crippen LogP contribution >= 0.6 is 0 Å². The molecule has 1 N–H and O–H groups in total. The number of rotatable bonds is 9. The molecule has 2 aromatic carbocycles. The van der Waals surface area contributed by atoms with E-state index in [1.807, 2.05) is 19.1 Å². The molecule has 30 heavy (non-hydrogen) atoms. The number of nitrogens with zero attached hydrogens (tertiary/aromatic N) is 2. The second-order valence-corrected chi connectivity index (χ2v) is 7.05. The predicted octanol–water partition coefficient (Wildman–Crippen LogP) is 3.44. The van der Waals surface area contributed by atoms with E-state index in [0.717, 1.165) is 38.5 Å². The van der Waals surface area contributed by atoms with Crippen molar-refractivity contribution in [1.29, 1.82) is 0 Å². The van der Waals surface area contributed by atoms with Gasteiger partial charge in [-0.25, -0.2) is 0 Å². The summed E-state index contributed by atoms with van der Waals surface area (Å²) in [6.45, 7) is 3.97. The third-order valence-corrected chi connectivity index (χ3v) is 4.85. The molecule has 1 aliphatic heterocycles. The fourth-order valence-electron chi connectivity index (χ4n) is 3.38. The van der Waals surface area contributed by atoms with Crippen molar-refractivity contribution in [2.75, 3.05) is 44.6 Å². The lowest BCUT2D eigenvalue weighted by Gasteiger charge is -2.34. The Morgan fingerprint density at radius 1 is 1.03 bits per heavy atom. The molecule has 3 rings (SSSR count). The zero-order chi connectivity index (χ0) is 21.3. The summed E-state index contributed by atoms with van der Waals surface area (Å²) in [6.07, 6.45) is 0. The molecule has 0 bridgehead atoms. The van der Waals surface area contributed by atoms with Crippen molar-refractivity contribution in [2.24, 2.45) is 0 Å². The van der Waals surface area contributed by atoms with E-state index >= 15 is 0 Å². The van der Waals surface area contributed by atoms with E-state index in [4.69, 9.17) is 4.74 Å². The molecular weight excluding hydrogens is 392 g/mol. The van der Waals surface area contributed by atoms with E-state index in [0.29, 0.717) is 6.61 Å². The number of para-hydroxylation sites is 2. The summed E-state index contributed by atoms with van der Waals surface area (Å²) in [4.78, 5) is 16.8. The fraction of sp³-hybridized carbons (Fsp3) is 0.409. The summed E-state index contributed by atoms with van der Waals surface area (Å²) in [7, 11) is 0. The Morgan fingerprint density at radius 3 is 2.37 bits per heavy atom. The monoisotopic (exact) mass is 419 g/mol. The van der Waals surface area contributed by atoms with E-state index in [1.54, 1.807) is 18.2 Å². The van der Waals surface area contributed by atoms with Crippen LogP contribution in [0.3, 0.4) is 0 Å². The van der Waals surface area contributed by atoms with Gasteiger partial charge in [0.15, 0.2) is 0 Å². The van der Waals surface area contributed by atoms with Crippen LogP contribution in [-0.2, 0) is 11.3 Å². The van der Waals surface area contributed by atoms with Crippen LogP contribution in [0.4, 0.5) is 14.5 Å². The minimum Gasteiger partial charge on any atom is -0.494 e. The van der Waals surface area contributed by atoms with Crippen LogP contribution < -0.4 is 14.8 Å². The van der Waals surface area contributed by atoms with E-state index in [1.165, 1.54) is 11.6 Å². The van der Waals surface area contributed by atoms with Crippen molar-refractivity contribution >= 4 is 11.6 Å². The number of hydrogen-bond donors (Lipinski definition) is 1. The minimum atomic E-state index is -2.94. The number of alkyl halides is 2. The Morgan fingerprint density at radius 2 is 1.70 bits per heavy atom. The first-order chi connectivity index (χ1) is 14.5. The Kier molecular flexibility index (Phi) is 7.98. The van der Waals surface area contributed by atoms with E-state index in [-0.39, 0.29) is 23.9 Å². The van der Waals surface area contributed by atoms with Crippen LogP contribution in [0.15, 0.2) is 48.5 Å². The number of carbonyl (C=O) groups excluding carboxylic acids is 1. The van der Waals surface area contributed by atoms with Gasteiger partial charge in [-0.3, -0.25) is 14.6 Å². The summed E-state index contributed by atoms with van der Waals surface area (Å²) in [5.41, 5.74) is 1.47. The zero-order valence-corrected chi connectivity index (χ0v) is 17.0. The molecular formula is C22H27F2N3O3. The maximum Gasteiger partial charge on any atom is 0.387 e. The first-order valence-corrected chi connectivity index (χ1v) is 10.0. The summed E-state index contributed by atoms with van der Waals surface area (Å²) >= 11 is 0. The molecule has 0 unspecified atom stereocenters. The second kappa shape index (κ2) is 10.9. The van der Waals surface area contributed by atoms with Crippen LogP contribution in [0.1, 0.15) is 12.5 Å². The van der Waals surface area contributed by atoms with Gasteiger partial charge in [-0.15, -0.1) is 0 Å². The molecule has 0 atom stereocenters. The molecule has 1 aliphatic rings. The average molecular weight is 419 g/mol. The number of hydrogen-bond acceptors (Lipinski definition) is 5. The molecule has 2 aromatic rings. The van der Waals surface area contributed by atoms with Gasteiger partial charge in [-0.1, -0.05) is 24.3 Å². The van der Waals surface area contributed by atoms with E-state index in [9.17, 15) is 13.6 Å². The second-order valence-electron chi connectivity index (χ2n) is 7.05. The first-order valence-electron chi connectivity index (χ1n) is 10.0. The molecule has 0 saturated carbocycles.